The third-order valence-electron chi connectivity index (χ3n) is 12.5. The van der Waals surface area contributed by atoms with E-state index in [4.69, 9.17) is 0 Å². The van der Waals surface area contributed by atoms with Crippen LogP contribution in [0, 0.1) is 69.0 Å². The Morgan fingerprint density at radius 3 is 2.00 bits per heavy atom. The van der Waals surface area contributed by atoms with Gasteiger partial charge in [0.25, 0.3) is 0 Å². The van der Waals surface area contributed by atoms with E-state index in [0.717, 1.165) is 47.3 Å². The number of fused-ring (bicyclic) bond motifs is 1. The number of unbranched alkanes of at least 4 members (excludes halogenated alkanes) is 3. The van der Waals surface area contributed by atoms with Crippen LogP contribution in [0.15, 0.2) is 0 Å². The van der Waals surface area contributed by atoms with Gasteiger partial charge in [-0.25, -0.2) is 0 Å². The first-order valence-corrected chi connectivity index (χ1v) is 17.4. The Labute approximate surface area is 242 Å². The van der Waals surface area contributed by atoms with Gasteiger partial charge in [-0.2, -0.15) is 0 Å². The van der Waals surface area contributed by atoms with Crippen molar-refractivity contribution in [2.24, 2.45) is 69.0 Å². The average molecular weight is 531 g/mol. The molecule has 0 heterocycles. The zero-order chi connectivity index (χ0) is 29.1. The van der Waals surface area contributed by atoms with Gasteiger partial charge >= 0.3 is 0 Å². The highest BCUT2D eigenvalue weighted by molar-refractivity contribution is 5.25. The lowest BCUT2D eigenvalue weighted by atomic mass is 9.62. The van der Waals surface area contributed by atoms with Crippen molar-refractivity contribution in [1.29, 1.82) is 0 Å². The lowest BCUT2D eigenvalue weighted by Crippen LogP contribution is -2.36. The van der Waals surface area contributed by atoms with Crippen molar-refractivity contribution in [2.75, 3.05) is 0 Å². The predicted octanol–water partition coefficient (Wildman–Crippen LogP) is 12.8. The molecular weight excluding hydrogens is 456 g/mol. The molecule has 2 fully saturated rings. The fourth-order valence-corrected chi connectivity index (χ4v) is 10.3. The minimum absolute atomic E-state index is 0.446. The van der Waals surface area contributed by atoms with E-state index in [2.05, 4.69) is 96.9 Å². The van der Waals surface area contributed by atoms with Crippen molar-refractivity contribution in [3.8, 4) is 0 Å². The summed E-state index contributed by atoms with van der Waals surface area (Å²) in [7, 11) is 0. The molecule has 0 spiro atoms. The van der Waals surface area contributed by atoms with Crippen LogP contribution in [-0.4, -0.2) is 0 Å². The molecule has 0 aromatic heterocycles. The molecule has 2 saturated carbocycles. The molecule has 0 N–H and O–H groups in total. The Morgan fingerprint density at radius 2 is 1.47 bits per heavy atom. The van der Waals surface area contributed by atoms with Crippen LogP contribution in [-0.2, 0) is 0 Å². The van der Waals surface area contributed by atoms with E-state index in [-0.39, 0.29) is 0 Å². The maximum absolute atomic E-state index is 2.71. The van der Waals surface area contributed by atoms with Crippen LogP contribution in [0.4, 0.5) is 0 Å². The third-order valence-corrected chi connectivity index (χ3v) is 12.5. The van der Waals surface area contributed by atoms with Crippen LogP contribution in [0.3, 0.4) is 0 Å². The van der Waals surface area contributed by atoms with E-state index < -0.39 is 0 Å². The summed E-state index contributed by atoms with van der Waals surface area (Å²) >= 11 is 0. The van der Waals surface area contributed by atoms with Crippen LogP contribution in [0.25, 0.3) is 0 Å². The Morgan fingerprint density at radius 1 is 0.842 bits per heavy atom. The molecular formula is C38H74. The SMILES string of the molecule is CCCCCCC(CC(CCC1C(C)C2C(C(C)(C)CC(C)(C)CC)C12C)C(C)C(C)CC)CC(C)(C)C. The van der Waals surface area contributed by atoms with Gasteiger partial charge in [-0.05, 0) is 101 Å². The lowest BCUT2D eigenvalue weighted by Gasteiger charge is -2.43. The topological polar surface area (TPSA) is 0 Å². The summed E-state index contributed by atoms with van der Waals surface area (Å²) in [5.41, 5.74) is 2.02. The Hall–Kier alpha value is 0. The van der Waals surface area contributed by atoms with E-state index in [1.54, 1.807) is 0 Å². The molecule has 2 aliphatic rings. The predicted molar refractivity (Wildman–Crippen MR) is 172 cm³/mol. The molecule has 2 rings (SSSR count). The van der Waals surface area contributed by atoms with Gasteiger partial charge in [-0.1, -0.05) is 142 Å². The molecule has 0 bridgehead atoms. The van der Waals surface area contributed by atoms with E-state index in [0.29, 0.717) is 21.7 Å². The summed E-state index contributed by atoms with van der Waals surface area (Å²) in [4.78, 5) is 0. The molecule has 0 heteroatoms. The van der Waals surface area contributed by atoms with Crippen molar-refractivity contribution in [1.82, 2.24) is 0 Å². The Kier molecular flexibility index (Phi) is 12.0. The molecule has 9 unspecified atom stereocenters. The van der Waals surface area contributed by atoms with Crippen LogP contribution in [0.5, 0.6) is 0 Å². The average Bonchev–Trinajstić information content (AvgIpc) is 3.39. The van der Waals surface area contributed by atoms with Gasteiger partial charge in [0, 0.05) is 0 Å². The molecule has 0 aliphatic heterocycles. The first-order chi connectivity index (χ1) is 17.4. The first kappa shape index (κ1) is 34.2. The molecule has 0 nitrogen and oxygen atoms in total. The van der Waals surface area contributed by atoms with Gasteiger partial charge in [0.15, 0.2) is 0 Å². The minimum atomic E-state index is 0.446. The van der Waals surface area contributed by atoms with Gasteiger partial charge in [0.05, 0.1) is 0 Å². The van der Waals surface area contributed by atoms with E-state index >= 15 is 0 Å². The molecule has 0 radical (unpaired) electrons. The lowest BCUT2D eigenvalue weighted by molar-refractivity contribution is 0.0568. The standard InChI is InChI=1S/C38H74/c1-15-18-19-20-21-30(25-35(7,8)9)24-31(28(5)27(4)16-2)22-23-32-29(6)33-34(38(32,33)14)37(12,13)26-36(10,11)17-3/h27-34H,15-26H2,1-14H3. The highest BCUT2D eigenvalue weighted by atomic mass is 14.8. The summed E-state index contributed by atoms with van der Waals surface area (Å²) in [5, 5.41) is 0. The smallest absolute Gasteiger partial charge is 0.0225 e. The van der Waals surface area contributed by atoms with Crippen LogP contribution >= 0.6 is 0 Å². The van der Waals surface area contributed by atoms with Gasteiger partial charge < -0.3 is 0 Å². The molecule has 0 aromatic carbocycles. The Balaban J connectivity index is 2.12. The van der Waals surface area contributed by atoms with Crippen LogP contribution in [0.1, 0.15) is 174 Å². The molecule has 226 valence electrons. The van der Waals surface area contributed by atoms with E-state index in [1.165, 1.54) is 77.0 Å². The second-order valence-electron chi connectivity index (χ2n) is 17.8. The minimum Gasteiger partial charge on any atom is -0.0654 e. The number of hydrogen-bond acceptors (Lipinski definition) is 0. The molecule has 38 heavy (non-hydrogen) atoms. The van der Waals surface area contributed by atoms with Crippen LogP contribution < -0.4 is 0 Å². The summed E-state index contributed by atoms with van der Waals surface area (Å²) < 4.78 is 0. The molecule has 0 saturated heterocycles. The highest BCUT2D eigenvalue weighted by Crippen LogP contribution is 2.83. The quantitative estimate of drug-likeness (QED) is 0.155. The molecule has 0 amide bonds. The first-order valence-electron chi connectivity index (χ1n) is 17.4. The maximum atomic E-state index is 2.71. The van der Waals surface area contributed by atoms with Crippen molar-refractivity contribution < 1.29 is 0 Å². The normalized spacial score (nSPS) is 30.8. The molecule has 2 aliphatic carbocycles. The number of hydrogen-bond donors (Lipinski definition) is 0. The summed E-state index contributed by atoms with van der Waals surface area (Å²) in [6, 6.07) is 0. The number of rotatable bonds is 18. The maximum Gasteiger partial charge on any atom is -0.0225 e. The third kappa shape index (κ3) is 8.28. The monoisotopic (exact) mass is 531 g/mol. The fourth-order valence-electron chi connectivity index (χ4n) is 10.3. The van der Waals surface area contributed by atoms with E-state index in [9.17, 15) is 0 Å². The Bertz CT molecular complexity index is 691. The van der Waals surface area contributed by atoms with Crippen molar-refractivity contribution >= 4 is 0 Å². The largest absolute Gasteiger partial charge is 0.0654 e. The van der Waals surface area contributed by atoms with Gasteiger partial charge in [0.2, 0.25) is 0 Å². The zero-order valence-electron chi connectivity index (χ0n) is 29.1. The van der Waals surface area contributed by atoms with Crippen molar-refractivity contribution in [3.05, 3.63) is 0 Å². The summed E-state index contributed by atoms with van der Waals surface area (Å²) in [5.74, 6) is 7.35. The van der Waals surface area contributed by atoms with E-state index in [1.807, 2.05) is 0 Å². The summed E-state index contributed by atoms with van der Waals surface area (Å²) in [6.45, 7) is 35.3. The van der Waals surface area contributed by atoms with Gasteiger partial charge in [-0.3, -0.25) is 0 Å². The highest BCUT2D eigenvalue weighted by Gasteiger charge is 2.78. The fraction of sp³-hybridized carbons (Fsp3) is 1.00. The second kappa shape index (κ2) is 13.3. The van der Waals surface area contributed by atoms with Gasteiger partial charge in [0.1, 0.15) is 0 Å². The van der Waals surface area contributed by atoms with Crippen molar-refractivity contribution in [2.45, 2.75) is 174 Å². The summed E-state index contributed by atoms with van der Waals surface area (Å²) in [6.07, 6.45) is 17.0. The second-order valence-corrected chi connectivity index (χ2v) is 17.8. The zero-order valence-corrected chi connectivity index (χ0v) is 29.1. The van der Waals surface area contributed by atoms with Gasteiger partial charge in [-0.15, -0.1) is 0 Å². The van der Waals surface area contributed by atoms with Crippen LogP contribution in [0.2, 0.25) is 0 Å². The van der Waals surface area contributed by atoms with Crippen molar-refractivity contribution in [3.63, 3.8) is 0 Å². The molecule has 0 aromatic rings. The molecule has 9 atom stereocenters.